The highest BCUT2D eigenvalue weighted by Gasteiger charge is 2.18. The second-order valence-corrected chi connectivity index (χ2v) is 4.13. The molecule has 0 atom stereocenters. The Labute approximate surface area is 106 Å². The number of H-pyrrole nitrogens is 1. The maximum absolute atomic E-state index is 5.91. The van der Waals surface area contributed by atoms with Crippen molar-refractivity contribution in [3.63, 3.8) is 0 Å². The van der Waals surface area contributed by atoms with E-state index in [1.54, 1.807) is 14.2 Å². The number of nitrogens with zero attached hydrogens (tertiary/aromatic N) is 1. The van der Waals surface area contributed by atoms with E-state index in [4.69, 9.17) is 15.2 Å². The standard InChI is InChI=1S/C13H17N3O2/c1-7-5-9(17-3)6-10(18-4)11(7)12-8(2)15-16-13(12)14/h5-6H,1-4H3,(H3,14,15,16). The average molecular weight is 247 g/mol. The molecule has 96 valence electrons. The van der Waals surface area contributed by atoms with Gasteiger partial charge in [0, 0.05) is 17.3 Å². The molecule has 0 saturated heterocycles. The van der Waals surface area contributed by atoms with E-state index in [-0.39, 0.29) is 0 Å². The van der Waals surface area contributed by atoms with Crippen molar-refractivity contribution in [2.75, 3.05) is 20.0 Å². The molecule has 0 aliphatic heterocycles. The van der Waals surface area contributed by atoms with Crippen LogP contribution in [0.4, 0.5) is 5.82 Å². The fourth-order valence-electron chi connectivity index (χ4n) is 2.09. The predicted molar refractivity (Wildman–Crippen MR) is 71.0 cm³/mol. The minimum atomic E-state index is 0.471. The fourth-order valence-corrected chi connectivity index (χ4v) is 2.09. The number of aryl methyl sites for hydroxylation is 2. The van der Waals surface area contributed by atoms with Crippen LogP contribution in [0, 0.1) is 13.8 Å². The molecule has 0 unspecified atom stereocenters. The maximum atomic E-state index is 5.91. The second kappa shape index (κ2) is 4.60. The number of rotatable bonds is 3. The van der Waals surface area contributed by atoms with Gasteiger partial charge in [-0.25, -0.2) is 0 Å². The number of ether oxygens (including phenoxy) is 2. The molecule has 0 fully saturated rings. The van der Waals surface area contributed by atoms with Crippen LogP contribution in [0.2, 0.25) is 0 Å². The first-order chi connectivity index (χ1) is 8.58. The van der Waals surface area contributed by atoms with Gasteiger partial charge in [0.15, 0.2) is 5.82 Å². The monoisotopic (exact) mass is 247 g/mol. The third-order valence-corrected chi connectivity index (χ3v) is 2.95. The number of anilines is 1. The SMILES string of the molecule is COc1cc(C)c(-c2c(N)n[nH]c2C)c(OC)c1. The molecule has 2 aromatic rings. The highest BCUT2D eigenvalue weighted by molar-refractivity contribution is 5.83. The molecule has 0 radical (unpaired) electrons. The quantitative estimate of drug-likeness (QED) is 0.872. The normalized spacial score (nSPS) is 10.4. The van der Waals surface area contributed by atoms with E-state index < -0.39 is 0 Å². The molecule has 0 aliphatic rings. The highest BCUT2D eigenvalue weighted by atomic mass is 16.5. The van der Waals surface area contributed by atoms with Crippen LogP contribution in [-0.2, 0) is 0 Å². The Bertz CT molecular complexity index is 556. The van der Waals surface area contributed by atoms with Crippen LogP contribution in [0.3, 0.4) is 0 Å². The molecular weight excluding hydrogens is 230 g/mol. The summed E-state index contributed by atoms with van der Waals surface area (Å²) in [5.74, 6) is 1.95. The first-order valence-electron chi connectivity index (χ1n) is 5.62. The van der Waals surface area contributed by atoms with E-state index in [9.17, 15) is 0 Å². The van der Waals surface area contributed by atoms with E-state index in [1.807, 2.05) is 26.0 Å². The Morgan fingerprint density at radius 2 is 1.83 bits per heavy atom. The van der Waals surface area contributed by atoms with Crippen LogP contribution in [0.15, 0.2) is 12.1 Å². The zero-order chi connectivity index (χ0) is 13.3. The second-order valence-electron chi connectivity index (χ2n) is 4.13. The summed E-state index contributed by atoms with van der Waals surface area (Å²) >= 11 is 0. The van der Waals surface area contributed by atoms with E-state index >= 15 is 0 Å². The summed E-state index contributed by atoms with van der Waals surface area (Å²) in [5.41, 5.74) is 9.68. The van der Waals surface area contributed by atoms with Crippen molar-refractivity contribution in [2.45, 2.75) is 13.8 Å². The van der Waals surface area contributed by atoms with Crippen molar-refractivity contribution in [3.8, 4) is 22.6 Å². The number of hydrogen-bond acceptors (Lipinski definition) is 4. The summed E-state index contributed by atoms with van der Waals surface area (Å²) in [6.07, 6.45) is 0. The fraction of sp³-hybridized carbons (Fsp3) is 0.308. The number of aromatic amines is 1. The van der Waals surface area contributed by atoms with Gasteiger partial charge in [-0.1, -0.05) is 0 Å². The summed E-state index contributed by atoms with van der Waals surface area (Å²) in [4.78, 5) is 0. The van der Waals surface area contributed by atoms with Gasteiger partial charge in [-0.05, 0) is 25.5 Å². The van der Waals surface area contributed by atoms with Crippen molar-refractivity contribution < 1.29 is 9.47 Å². The molecule has 0 saturated carbocycles. The molecule has 3 N–H and O–H groups in total. The van der Waals surface area contributed by atoms with E-state index in [1.165, 1.54) is 0 Å². The van der Waals surface area contributed by atoms with Crippen LogP contribution in [0.25, 0.3) is 11.1 Å². The Balaban J connectivity index is 2.71. The van der Waals surface area contributed by atoms with E-state index in [2.05, 4.69) is 10.2 Å². The first kappa shape index (κ1) is 12.3. The first-order valence-corrected chi connectivity index (χ1v) is 5.62. The van der Waals surface area contributed by atoms with Gasteiger partial charge in [-0.2, -0.15) is 5.10 Å². The molecule has 0 bridgehead atoms. The molecule has 1 aromatic carbocycles. The Morgan fingerprint density at radius 1 is 1.11 bits per heavy atom. The third-order valence-electron chi connectivity index (χ3n) is 2.95. The lowest BCUT2D eigenvalue weighted by atomic mass is 9.99. The number of hydrogen-bond donors (Lipinski definition) is 2. The minimum absolute atomic E-state index is 0.471. The maximum Gasteiger partial charge on any atom is 0.153 e. The van der Waals surface area contributed by atoms with Gasteiger partial charge in [0.2, 0.25) is 0 Å². The molecule has 18 heavy (non-hydrogen) atoms. The number of nitrogen functional groups attached to an aromatic ring is 1. The largest absolute Gasteiger partial charge is 0.497 e. The summed E-state index contributed by atoms with van der Waals surface area (Å²) in [5, 5.41) is 6.90. The van der Waals surface area contributed by atoms with Crippen molar-refractivity contribution in [1.82, 2.24) is 10.2 Å². The summed E-state index contributed by atoms with van der Waals surface area (Å²) in [6.45, 7) is 3.92. The van der Waals surface area contributed by atoms with Crippen LogP contribution in [-0.4, -0.2) is 24.4 Å². The van der Waals surface area contributed by atoms with Crippen LogP contribution >= 0.6 is 0 Å². The van der Waals surface area contributed by atoms with Crippen molar-refractivity contribution in [2.24, 2.45) is 0 Å². The van der Waals surface area contributed by atoms with Crippen molar-refractivity contribution >= 4 is 5.82 Å². The Hall–Kier alpha value is -2.17. The molecule has 1 aromatic heterocycles. The van der Waals surface area contributed by atoms with Gasteiger partial charge < -0.3 is 15.2 Å². The van der Waals surface area contributed by atoms with E-state index in [0.717, 1.165) is 33.9 Å². The summed E-state index contributed by atoms with van der Waals surface area (Å²) in [6, 6.07) is 3.79. The average Bonchev–Trinajstić information content (AvgIpc) is 2.68. The van der Waals surface area contributed by atoms with Gasteiger partial charge in [-0.15, -0.1) is 0 Å². The molecule has 5 nitrogen and oxygen atoms in total. The molecule has 0 amide bonds. The number of aromatic nitrogens is 2. The third kappa shape index (κ3) is 1.88. The topological polar surface area (TPSA) is 73.2 Å². The van der Waals surface area contributed by atoms with Crippen molar-refractivity contribution in [3.05, 3.63) is 23.4 Å². The van der Waals surface area contributed by atoms with Crippen LogP contribution in [0.5, 0.6) is 11.5 Å². The van der Waals surface area contributed by atoms with Gasteiger partial charge >= 0.3 is 0 Å². The van der Waals surface area contributed by atoms with Gasteiger partial charge in [0.05, 0.1) is 19.8 Å². The number of benzene rings is 1. The Kier molecular flexibility index (Phi) is 3.14. The van der Waals surface area contributed by atoms with Gasteiger partial charge in [0.1, 0.15) is 11.5 Å². The summed E-state index contributed by atoms with van der Waals surface area (Å²) in [7, 11) is 3.26. The molecule has 5 heteroatoms. The lowest BCUT2D eigenvalue weighted by Crippen LogP contribution is -1.96. The van der Waals surface area contributed by atoms with Crippen LogP contribution in [0.1, 0.15) is 11.3 Å². The van der Waals surface area contributed by atoms with Gasteiger partial charge in [-0.3, -0.25) is 5.10 Å². The van der Waals surface area contributed by atoms with E-state index in [0.29, 0.717) is 5.82 Å². The Morgan fingerprint density at radius 3 is 2.33 bits per heavy atom. The number of methoxy groups -OCH3 is 2. The van der Waals surface area contributed by atoms with Gasteiger partial charge in [0.25, 0.3) is 0 Å². The molecular formula is C13H17N3O2. The zero-order valence-electron chi connectivity index (χ0n) is 11.0. The highest BCUT2D eigenvalue weighted by Crippen LogP contribution is 2.40. The smallest absolute Gasteiger partial charge is 0.153 e. The van der Waals surface area contributed by atoms with Crippen molar-refractivity contribution in [1.29, 1.82) is 0 Å². The number of nitrogens with one attached hydrogen (secondary N) is 1. The van der Waals surface area contributed by atoms with Crippen LogP contribution < -0.4 is 15.2 Å². The predicted octanol–water partition coefficient (Wildman–Crippen LogP) is 2.29. The summed E-state index contributed by atoms with van der Waals surface area (Å²) < 4.78 is 10.7. The molecule has 0 spiro atoms. The molecule has 1 heterocycles. The molecule has 0 aliphatic carbocycles. The zero-order valence-corrected chi connectivity index (χ0v) is 11.0. The molecule has 2 rings (SSSR count). The minimum Gasteiger partial charge on any atom is -0.497 e. The number of nitrogens with two attached hydrogens (primary N) is 1. The lowest BCUT2D eigenvalue weighted by molar-refractivity contribution is 0.395. The lowest BCUT2D eigenvalue weighted by Gasteiger charge is -2.14.